The van der Waals surface area contributed by atoms with E-state index in [0.717, 1.165) is 19.2 Å². The zero-order chi connectivity index (χ0) is 9.52. The first-order valence-corrected chi connectivity index (χ1v) is 5.64. The highest BCUT2D eigenvalue weighted by atomic mass is 16.5. The Morgan fingerprint density at radius 1 is 1.23 bits per heavy atom. The van der Waals surface area contributed by atoms with Crippen molar-refractivity contribution in [2.75, 3.05) is 13.2 Å². The van der Waals surface area contributed by atoms with Gasteiger partial charge in [0.25, 0.3) is 0 Å². The fourth-order valence-corrected chi connectivity index (χ4v) is 1.86. The fourth-order valence-electron chi connectivity index (χ4n) is 1.86. The van der Waals surface area contributed by atoms with Crippen molar-refractivity contribution in [2.24, 2.45) is 0 Å². The third kappa shape index (κ3) is 5.27. The Kier molecular flexibility index (Phi) is 5.40. The van der Waals surface area contributed by atoms with E-state index in [2.05, 4.69) is 19.2 Å². The van der Waals surface area contributed by atoms with Crippen LogP contribution in [-0.2, 0) is 4.74 Å². The maximum atomic E-state index is 5.47. The average Bonchev–Trinajstić information content (AvgIpc) is 2.14. The molecule has 1 saturated carbocycles. The van der Waals surface area contributed by atoms with Crippen molar-refractivity contribution in [3.8, 4) is 0 Å². The number of nitrogens with one attached hydrogen (secondary N) is 1. The van der Waals surface area contributed by atoms with Crippen molar-refractivity contribution in [2.45, 2.75) is 58.1 Å². The Morgan fingerprint density at radius 3 is 2.54 bits per heavy atom. The quantitative estimate of drug-likeness (QED) is 0.664. The predicted molar refractivity (Wildman–Crippen MR) is 56.0 cm³/mol. The SMILES string of the molecule is CC(C)OCCNC1CCCCC1. The Hall–Kier alpha value is -0.0800. The molecule has 0 amide bonds. The van der Waals surface area contributed by atoms with Crippen LogP contribution >= 0.6 is 0 Å². The Labute approximate surface area is 82.0 Å². The summed E-state index contributed by atoms with van der Waals surface area (Å²) in [6.07, 6.45) is 7.34. The average molecular weight is 185 g/mol. The van der Waals surface area contributed by atoms with E-state index >= 15 is 0 Å². The molecule has 2 heteroatoms. The zero-order valence-electron chi connectivity index (χ0n) is 9.01. The van der Waals surface area contributed by atoms with Crippen LogP contribution in [0.15, 0.2) is 0 Å². The van der Waals surface area contributed by atoms with Crippen molar-refractivity contribution < 1.29 is 4.74 Å². The van der Waals surface area contributed by atoms with Crippen molar-refractivity contribution in [1.29, 1.82) is 0 Å². The first-order valence-electron chi connectivity index (χ1n) is 5.64. The Morgan fingerprint density at radius 2 is 1.92 bits per heavy atom. The van der Waals surface area contributed by atoms with E-state index in [0.29, 0.717) is 6.10 Å². The van der Waals surface area contributed by atoms with Crippen molar-refractivity contribution in [3.63, 3.8) is 0 Å². The van der Waals surface area contributed by atoms with Gasteiger partial charge in [-0.3, -0.25) is 0 Å². The Balaban J connectivity index is 1.92. The largest absolute Gasteiger partial charge is 0.377 e. The predicted octanol–water partition coefficient (Wildman–Crippen LogP) is 2.33. The highest BCUT2D eigenvalue weighted by molar-refractivity contribution is 4.71. The normalized spacial score (nSPS) is 19.6. The molecule has 0 bridgehead atoms. The molecule has 0 saturated heterocycles. The maximum absolute atomic E-state index is 5.47. The van der Waals surface area contributed by atoms with E-state index in [9.17, 15) is 0 Å². The molecule has 0 aliphatic heterocycles. The molecule has 2 nitrogen and oxygen atoms in total. The van der Waals surface area contributed by atoms with E-state index < -0.39 is 0 Å². The fraction of sp³-hybridized carbons (Fsp3) is 1.00. The third-order valence-corrected chi connectivity index (χ3v) is 2.59. The number of hydrogen-bond donors (Lipinski definition) is 1. The van der Waals surface area contributed by atoms with Crippen molar-refractivity contribution in [1.82, 2.24) is 5.32 Å². The van der Waals surface area contributed by atoms with Gasteiger partial charge in [-0.2, -0.15) is 0 Å². The summed E-state index contributed by atoms with van der Waals surface area (Å²) in [5.41, 5.74) is 0. The standard InChI is InChI=1S/C11H23NO/c1-10(2)13-9-8-12-11-6-4-3-5-7-11/h10-12H,3-9H2,1-2H3. The summed E-state index contributed by atoms with van der Waals surface area (Å²) < 4.78 is 5.47. The summed E-state index contributed by atoms with van der Waals surface area (Å²) in [6.45, 7) is 6.04. The molecule has 1 rings (SSSR count). The van der Waals surface area contributed by atoms with Crippen LogP contribution in [0, 0.1) is 0 Å². The lowest BCUT2D eigenvalue weighted by Crippen LogP contribution is -2.33. The smallest absolute Gasteiger partial charge is 0.0594 e. The summed E-state index contributed by atoms with van der Waals surface area (Å²) in [6, 6.07) is 0.768. The minimum atomic E-state index is 0.369. The minimum absolute atomic E-state index is 0.369. The molecule has 0 aromatic heterocycles. The lowest BCUT2D eigenvalue weighted by atomic mass is 9.96. The highest BCUT2D eigenvalue weighted by Crippen LogP contribution is 2.16. The number of hydrogen-bond acceptors (Lipinski definition) is 2. The van der Waals surface area contributed by atoms with Gasteiger partial charge in [0.15, 0.2) is 0 Å². The molecule has 0 unspecified atom stereocenters. The monoisotopic (exact) mass is 185 g/mol. The first kappa shape index (κ1) is 11.0. The molecular weight excluding hydrogens is 162 g/mol. The second-order valence-electron chi connectivity index (χ2n) is 4.21. The van der Waals surface area contributed by atoms with Crippen LogP contribution in [0.1, 0.15) is 46.0 Å². The summed E-state index contributed by atoms with van der Waals surface area (Å²) >= 11 is 0. The zero-order valence-corrected chi connectivity index (χ0v) is 9.01. The van der Waals surface area contributed by atoms with E-state index in [-0.39, 0.29) is 0 Å². The molecule has 1 N–H and O–H groups in total. The molecule has 0 spiro atoms. The van der Waals surface area contributed by atoms with E-state index in [1.807, 2.05) is 0 Å². The highest BCUT2D eigenvalue weighted by Gasteiger charge is 2.11. The summed E-state index contributed by atoms with van der Waals surface area (Å²) in [5, 5.41) is 3.55. The molecule has 1 fully saturated rings. The maximum Gasteiger partial charge on any atom is 0.0594 e. The van der Waals surface area contributed by atoms with Crippen LogP contribution in [-0.4, -0.2) is 25.3 Å². The van der Waals surface area contributed by atoms with E-state index in [4.69, 9.17) is 4.74 Å². The molecule has 0 aromatic carbocycles. The minimum Gasteiger partial charge on any atom is -0.377 e. The van der Waals surface area contributed by atoms with Gasteiger partial charge in [0.05, 0.1) is 12.7 Å². The lowest BCUT2D eigenvalue weighted by molar-refractivity contribution is 0.0785. The van der Waals surface area contributed by atoms with Gasteiger partial charge in [-0.15, -0.1) is 0 Å². The van der Waals surface area contributed by atoms with Gasteiger partial charge in [0, 0.05) is 12.6 Å². The van der Waals surface area contributed by atoms with E-state index in [1.54, 1.807) is 0 Å². The third-order valence-electron chi connectivity index (χ3n) is 2.59. The Bertz CT molecular complexity index is 119. The van der Waals surface area contributed by atoms with Crippen LogP contribution in [0.3, 0.4) is 0 Å². The topological polar surface area (TPSA) is 21.3 Å². The summed E-state index contributed by atoms with van der Waals surface area (Å²) in [5.74, 6) is 0. The molecule has 0 radical (unpaired) electrons. The van der Waals surface area contributed by atoms with E-state index in [1.165, 1.54) is 32.1 Å². The van der Waals surface area contributed by atoms with Gasteiger partial charge in [0.1, 0.15) is 0 Å². The molecule has 78 valence electrons. The second kappa shape index (κ2) is 6.39. The molecule has 1 aliphatic rings. The van der Waals surface area contributed by atoms with Crippen LogP contribution < -0.4 is 5.32 Å². The van der Waals surface area contributed by atoms with Gasteiger partial charge in [-0.1, -0.05) is 19.3 Å². The first-order chi connectivity index (χ1) is 6.29. The van der Waals surface area contributed by atoms with Crippen LogP contribution in [0.2, 0.25) is 0 Å². The van der Waals surface area contributed by atoms with Crippen molar-refractivity contribution >= 4 is 0 Å². The number of rotatable bonds is 5. The van der Waals surface area contributed by atoms with Crippen molar-refractivity contribution in [3.05, 3.63) is 0 Å². The molecule has 0 heterocycles. The molecule has 1 aliphatic carbocycles. The van der Waals surface area contributed by atoms with Crippen LogP contribution in [0.5, 0.6) is 0 Å². The molecule has 0 aromatic rings. The molecular formula is C11H23NO. The second-order valence-corrected chi connectivity index (χ2v) is 4.21. The molecule has 13 heavy (non-hydrogen) atoms. The lowest BCUT2D eigenvalue weighted by Gasteiger charge is -2.22. The summed E-state index contributed by atoms with van der Waals surface area (Å²) in [4.78, 5) is 0. The molecule has 0 atom stereocenters. The van der Waals surface area contributed by atoms with Gasteiger partial charge in [-0.05, 0) is 26.7 Å². The van der Waals surface area contributed by atoms with Gasteiger partial charge in [0.2, 0.25) is 0 Å². The van der Waals surface area contributed by atoms with Gasteiger partial charge < -0.3 is 10.1 Å². The number of ether oxygens (including phenoxy) is 1. The van der Waals surface area contributed by atoms with Crippen LogP contribution in [0.4, 0.5) is 0 Å². The summed E-state index contributed by atoms with van der Waals surface area (Å²) in [7, 11) is 0. The van der Waals surface area contributed by atoms with Gasteiger partial charge in [-0.25, -0.2) is 0 Å². The van der Waals surface area contributed by atoms with Gasteiger partial charge >= 0.3 is 0 Å². The van der Waals surface area contributed by atoms with Crippen LogP contribution in [0.25, 0.3) is 0 Å².